The van der Waals surface area contributed by atoms with Crippen LogP contribution >= 0.6 is 0 Å². The van der Waals surface area contributed by atoms with Gasteiger partial charge in [0, 0.05) is 18.1 Å². The van der Waals surface area contributed by atoms with Crippen LogP contribution in [0.25, 0.3) is 0 Å². The van der Waals surface area contributed by atoms with E-state index in [0.717, 1.165) is 11.1 Å². The molecule has 0 bridgehead atoms. The maximum atomic E-state index is 12.7. The molecule has 1 atom stereocenters. The lowest BCUT2D eigenvalue weighted by atomic mass is 10.1. The summed E-state index contributed by atoms with van der Waals surface area (Å²) in [4.78, 5) is 12.6. The van der Waals surface area contributed by atoms with Gasteiger partial charge in [-0.15, -0.1) is 0 Å². The number of carbonyl (C=O) groups excluding carboxylic acids is 1. The van der Waals surface area contributed by atoms with Gasteiger partial charge in [0.25, 0.3) is 10.0 Å². The Labute approximate surface area is 164 Å². The Morgan fingerprint density at radius 1 is 1.04 bits per heavy atom. The highest BCUT2D eigenvalue weighted by molar-refractivity contribution is 7.92. The van der Waals surface area contributed by atoms with Gasteiger partial charge in [-0.3, -0.25) is 14.2 Å². The lowest BCUT2D eigenvalue weighted by Crippen LogP contribution is -2.24. The van der Waals surface area contributed by atoms with E-state index in [1.54, 1.807) is 72.5 Å². The Balaban J connectivity index is 1.75. The monoisotopic (exact) mass is 398 g/mol. The average Bonchev–Trinajstić information content (AvgIpc) is 3.17. The van der Waals surface area contributed by atoms with Crippen LogP contribution in [0.1, 0.15) is 24.1 Å². The summed E-state index contributed by atoms with van der Waals surface area (Å²) in [5.74, 6) is -0.252. The van der Waals surface area contributed by atoms with Crippen molar-refractivity contribution in [3.05, 3.63) is 72.1 Å². The molecule has 0 aliphatic carbocycles. The fourth-order valence-electron chi connectivity index (χ4n) is 2.63. The van der Waals surface area contributed by atoms with Gasteiger partial charge in [-0.05, 0) is 68.3 Å². The number of aryl methyl sites for hydroxylation is 2. The molecule has 0 fully saturated rings. The zero-order valence-corrected chi connectivity index (χ0v) is 16.7. The molecule has 7 nitrogen and oxygen atoms in total. The summed E-state index contributed by atoms with van der Waals surface area (Å²) in [7, 11) is -3.73. The Kier molecular flexibility index (Phi) is 5.51. The maximum Gasteiger partial charge on any atom is 0.261 e. The van der Waals surface area contributed by atoms with E-state index in [9.17, 15) is 13.2 Å². The molecule has 0 saturated carbocycles. The first-order valence-corrected chi connectivity index (χ1v) is 10.2. The number of aromatic nitrogens is 2. The Morgan fingerprint density at radius 3 is 2.46 bits per heavy atom. The molecule has 0 radical (unpaired) electrons. The molecule has 2 aromatic carbocycles. The molecule has 0 aliphatic heterocycles. The highest BCUT2D eigenvalue weighted by Crippen LogP contribution is 2.22. The van der Waals surface area contributed by atoms with Crippen molar-refractivity contribution < 1.29 is 13.2 Å². The second kappa shape index (κ2) is 7.85. The molecule has 1 heterocycles. The minimum atomic E-state index is -3.73. The van der Waals surface area contributed by atoms with Gasteiger partial charge in [-0.1, -0.05) is 12.1 Å². The summed E-state index contributed by atoms with van der Waals surface area (Å²) in [6.07, 6.45) is 3.31. The predicted molar refractivity (Wildman–Crippen MR) is 109 cm³/mol. The number of nitrogens with zero attached hydrogens (tertiary/aromatic N) is 2. The molecule has 0 aliphatic rings. The van der Waals surface area contributed by atoms with Crippen LogP contribution in [-0.4, -0.2) is 24.1 Å². The van der Waals surface area contributed by atoms with E-state index in [1.165, 1.54) is 0 Å². The van der Waals surface area contributed by atoms with Crippen LogP contribution in [0, 0.1) is 13.8 Å². The van der Waals surface area contributed by atoms with E-state index in [0.29, 0.717) is 11.4 Å². The molecular formula is C20H22N4O3S. The highest BCUT2D eigenvalue weighted by atomic mass is 32.2. The first-order valence-electron chi connectivity index (χ1n) is 8.76. The molecule has 2 N–H and O–H groups in total. The third-order valence-corrected chi connectivity index (χ3v) is 5.85. The van der Waals surface area contributed by atoms with Gasteiger partial charge in [0.05, 0.1) is 10.6 Å². The summed E-state index contributed by atoms with van der Waals surface area (Å²) >= 11 is 0. The maximum absolute atomic E-state index is 12.7. The SMILES string of the molecule is Cc1ccc(S(=O)(=O)Nc2cccc(NC(=O)C(C)n3cccn3)c2)cc1C. The highest BCUT2D eigenvalue weighted by Gasteiger charge is 2.17. The van der Waals surface area contributed by atoms with Crippen molar-refractivity contribution in [3.63, 3.8) is 0 Å². The molecule has 1 unspecified atom stereocenters. The van der Waals surface area contributed by atoms with Crippen molar-refractivity contribution in [1.29, 1.82) is 0 Å². The van der Waals surface area contributed by atoms with Gasteiger partial charge in [0.15, 0.2) is 0 Å². The van der Waals surface area contributed by atoms with Gasteiger partial charge in [0.2, 0.25) is 5.91 Å². The van der Waals surface area contributed by atoms with Gasteiger partial charge < -0.3 is 5.32 Å². The van der Waals surface area contributed by atoms with Crippen molar-refractivity contribution in [2.75, 3.05) is 10.0 Å². The standard InChI is InChI=1S/C20H22N4O3S/c1-14-8-9-19(12-15(14)2)28(26,27)23-18-7-4-6-17(13-18)22-20(25)16(3)24-11-5-10-21-24/h4-13,16,23H,1-3H3,(H,22,25). The van der Waals surface area contributed by atoms with Crippen LogP contribution in [-0.2, 0) is 14.8 Å². The Bertz CT molecular complexity index is 1090. The van der Waals surface area contributed by atoms with Crippen molar-refractivity contribution in [1.82, 2.24) is 9.78 Å². The summed E-state index contributed by atoms with van der Waals surface area (Å²) < 4.78 is 29.4. The first-order chi connectivity index (χ1) is 13.3. The molecular weight excluding hydrogens is 376 g/mol. The minimum absolute atomic E-state index is 0.192. The molecule has 3 aromatic rings. The van der Waals surface area contributed by atoms with Gasteiger partial charge in [0.1, 0.15) is 6.04 Å². The predicted octanol–water partition coefficient (Wildman–Crippen LogP) is 3.50. The quantitative estimate of drug-likeness (QED) is 0.665. The molecule has 146 valence electrons. The summed E-state index contributed by atoms with van der Waals surface area (Å²) in [6, 6.07) is 12.8. The molecule has 0 saturated heterocycles. The molecule has 1 amide bonds. The van der Waals surface area contributed by atoms with Crippen LogP contribution in [0.15, 0.2) is 65.8 Å². The normalized spacial score (nSPS) is 12.4. The van der Waals surface area contributed by atoms with Crippen molar-refractivity contribution in [2.24, 2.45) is 0 Å². The third kappa shape index (κ3) is 4.40. The molecule has 0 spiro atoms. The largest absolute Gasteiger partial charge is 0.324 e. The topological polar surface area (TPSA) is 93.1 Å². The number of amides is 1. The number of benzene rings is 2. The van der Waals surface area contributed by atoms with E-state index >= 15 is 0 Å². The van der Waals surface area contributed by atoms with Gasteiger partial charge in [-0.25, -0.2) is 8.42 Å². The lowest BCUT2D eigenvalue weighted by Gasteiger charge is -2.14. The number of sulfonamides is 1. The number of nitrogens with one attached hydrogen (secondary N) is 2. The minimum Gasteiger partial charge on any atom is -0.324 e. The first kappa shape index (κ1) is 19.6. The van der Waals surface area contributed by atoms with Crippen LogP contribution in [0.5, 0.6) is 0 Å². The number of anilines is 2. The van der Waals surface area contributed by atoms with E-state index in [2.05, 4.69) is 15.1 Å². The summed E-state index contributed by atoms with van der Waals surface area (Å²) in [6.45, 7) is 5.52. The Hall–Kier alpha value is -3.13. The fourth-order valence-corrected chi connectivity index (χ4v) is 3.77. The zero-order valence-electron chi connectivity index (χ0n) is 15.9. The number of hydrogen-bond donors (Lipinski definition) is 2. The van der Waals surface area contributed by atoms with Crippen molar-refractivity contribution in [2.45, 2.75) is 31.7 Å². The zero-order chi connectivity index (χ0) is 20.3. The van der Waals surface area contributed by atoms with Crippen LogP contribution in [0.3, 0.4) is 0 Å². The Morgan fingerprint density at radius 2 is 1.79 bits per heavy atom. The van der Waals surface area contributed by atoms with Crippen LogP contribution in [0.4, 0.5) is 11.4 Å². The molecule has 8 heteroatoms. The number of carbonyl (C=O) groups is 1. The second-order valence-electron chi connectivity index (χ2n) is 6.58. The van der Waals surface area contributed by atoms with Crippen LogP contribution < -0.4 is 10.0 Å². The molecule has 1 aromatic heterocycles. The van der Waals surface area contributed by atoms with Crippen molar-refractivity contribution in [3.8, 4) is 0 Å². The molecule has 28 heavy (non-hydrogen) atoms. The smallest absolute Gasteiger partial charge is 0.261 e. The molecule has 3 rings (SSSR count). The summed E-state index contributed by atoms with van der Waals surface area (Å²) in [5, 5.41) is 6.83. The van der Waals surface area contributed by atoms with Crippen LogP contribution in [0.2, 0.25) is 0 Å². The van der Waals surface area contributed by atoms with E-state index in [1.807, 2.05) is 13.8 Å². The number of rotatable bonds is 6. The lowest BCUT2D eigenvalue weighted by molar-refractivity contribution is -0.119. The van der Waals surface area contributed by atoms with E-state index in [4.69, 9.17) is 0 Å². The second-order valence-corrected chi connectivity index (χ2v) is 8.27. The number of hydrogen-bond acceptors (Lipinski definition) is 4. The third-order valence-electron chi connectivity index (χ3n) is 4.47. The van der Waals surface area contributed by atoms with Gasteiger partial charge >= 0.3 is 0 Å². The van der Waals surface area contributed by atoms with Crippen molar-refractivity contribution >= 4 is 27.3 Å². The van der Waals surface area contributed by atoms with E-state index in [-0.39, 0.29) is 10.8 Å². The average molecular weight is 398 g/mol. The van der Waals surface area contributed by atoms with Gasteiger partial charge in [-0.2, -0.15) is 5.10 Å². The van der Waals surface area contributed by atoms with E-state index < -0.39 is 16.1 Å². The summed E-state index contributed by atoms with van der Waals surface area (Å²) in [5.41, 5.74) is 2.78. The fraction of sp³-hybridized carbons (Fsp3) is 0.200.